The van der Waals surface area contributed by atoms with Gasteiger partial charge in [-0.3, -0.25) is 0 Å². The Morgan fingerprint density at radius 2 is 1.80 bits per heavy atom. The molecule has 0 rings (SSSR count). The highest BCUT2D eigenvalue weighted by Gasteiger charge is 2.12. The molecule has 0 fully saturated rings. The molecule has 2 nitrogen and oxygen atoms in total. The van der Waals surface area contributed by atoms with Crippen molar-refractivity contribution >= 4 is 0 Å². The van der Waals surface area contributed by atoms with Crippen LogP contribution in [0.15, 0.2) is 12.3 Å². The van der Waals surface area contributed by atoms with Crippen molar-refractivity contribution in [3.8, 4) is 0 Å². The Morgan fingerprint density at radius 1 is 1.30 bits per heavy atom. The van der Waals surface area contributed by atoms with Gasteiger partial charge in [0, 0.05) is 18.8 Å². The number of hydrogen-bond acceptors (Lipinski definition) is 2. The lowest BCUT2D eigenvalue weighted by Crippen LogP contribution is -2.36. The summed E-state index contributed by atoms with van der Waals surface area (Å²) in [5.41, 5.74) is 1.05. The van der Waals surface area contributed by atoms with E-state index in [0.717, 1.165) is 5.70 Å². The van der Waals surface area contributed by atoms with Crippen LogP contribution in [-0.4, -0.2) is 20.1 Å². The van der Waals surface area contributed by atoms with Gasteiger partial charge in [0.2, 0.25) is 0 Å². The predicted octanol–water partition coefficient (Wildman–Crippen LogP) is 0.963. The highest BCUT2D eigenvalue weighted by atomic mass is 15.0. The number of hydrogen-bond donors (Lipinski definition) is 2. The van der Waals surface area contributed by atoms with Crippen molar-refractivity contribution in [2.24, 2.45) is 5.92 Å². The number of rotatable bonds is 4. The standard InChI is InChI=1S/C8H18N2/c1-6(2)8(10-5)7(3)9-4/h6,8-10H,3H2,1-2,4-5H3. The molecule has 1 atom stereocenters. The molecule has 0 saturated heterocycles. The van der Waals surface area contributed by atoms with E-state index in [-0.39, 0.29) is 0 Å². The van der Waals surface area contributed by atoms with Gasteiger partial charge in [0.05, 0.1) is 0 Å². The summed E-state index contributed by atoms with van der Waals surface area (Å²) >= 11 is 0. The number of nitrogens with one attached hydrogen (secondary N) is 2. The molecule has 0 spiro atoms. The Bertz CT molecular complexity index is 108. The molecule has 1 unspecified atom stereocenters. The minimum Gasteiger partial charge on any atom is -0.391 e. The first kappa shape index (κ1) is 9.50. The molecular weight excluding hydrogens is 124 g/mol. The molecular formula is C8H18N2. The summed E-state index contributed by atoms with van der Waals surface area (Å²) in [7, 11) is 3.85. The zero-order chi connectivity index (χ0) is 8.15. The average Bonchev–Trinajstić information content (AvgIpc) is 1.88. The Kier molecular flexibility index (Phi) is 4.12. The van der Waals surface area contributed by atoms with E-state index in [1.807, 2.05) is 14.1 Å². The maximum Gasteiger partial charge on any atom is 0.0484 e. The predicted molar refractivity (Wildman–Crippen MR) is 45.9 cm³/mol. The maximum absolute atomic E-state index is 3.89. The molecule has 0 aromatic rings. The molecule has 0 amide bonds. The fourth-order valence-corrected chi connectivity index (χ4v) is 1.07. The maximum atomic E-state index is 3.89. The van der Waals surface area contributed by atoms with Crippen LogP contribution in [0.1, 0.15) is 13.8 Å². The minimum atomic E-state index is 0.380. The molecule has 0 saturated carbocycles. The molecule has 2 heteroatoms. The fourth-order valence-electron chi connectivity index (χ4n) is 1.07. The second kappa shape index (κ2) is 4.34. The van der Waals surface area contributed by atoms with Crippen molar-refractivity contribution in [2.75, 3.05) is 14.1 Å². The van der Waals surface area contributed by atoms with Crippen LogP contribution in [0, 0.1) is 5.92 Å². The smallest absolute Gasteiger partial charge is 0.0484 e. The first-order valence-electron chi connectivity index (χ1n) is 3.67. The summed E-state index contributed by atoms with van der Waals surface area (Å²) in [5.74, 6) is 0.588. The third-order valence-electron chi connectivity index (χ3n) is 1.67. The van der Waals surface area contributed by atoms with Gasteiger partial charge in [-0.05, 0) is 13.0 Å². The van der Waals surface area contributed by atoms with E-state index in [1.165, 1.54) is 0 Å². The molecule has 0 heterocycles. The van der Waals surface area contributed by atoms with Gasteiger partial charge in [-0.1, -0.05) is 20.4 Å². The minimum absolute atomic E-state index is 0.380. The van der Waals surface area contributed by atoms with E-state index in [0.29, 0.717) is 12.0 Å². The third-order valence-corrected chi connectivity index (χ3v) is 1.67. The molecule has 0 aromatic heterocycles. The van der Waals surface area contributed by atoms with Crippen molar-refractivity contribution in [1.29, 1.82) is 0 Å². The molecule has 0 bridgehead atoms. The van der Waals surface area contributed by atoms with Crippen molar-refractivity contribution in [2.45, 2.75) is 19.9 Å². The first-order valence-corrected chi connectivity index (χ1v) is 3.67. The van der Waals surface area contributed by atoms with Crippen molar-refractivity contribution in [3.05, 3.63) is 12.3 Å². The van der Waals surface area contributed by atoms with Crippen LogP contribution in [0.5, 0.6) is 0 Å². The molecule has 2 N–H and O–H groups in total. The summed E-state index contributed by atoms with van der Waals surface area (Å²) in [6.45, 7) is 8.23. The second-order valence-corrected chi connectivity index (χ2v) is 2.79. The van der Waals surface area contributed by atoms with Gasteiger partial charge in [-0.25, -0.2) is 0 Å². The zero-order valence-corrected chi connectivity index (χ0v) is 7.36. The first-order chi connectivity index (χ1) is 4.63. The van der Waals surface area contributed by atoms with E-state index >= 15 is 0 Å². The van der Waals surface area contributed by atoms with Crippen molar-refractivity contribution in [1.82, 2.24) is 10.6 Å². The van der Waals surface area contributed by atoms with Gasteiger partial charge in [0.25, 0.3) is 0 Å². The Labute approximate surface area is 63.7 Å². The molecule has 0 radical (unpaired) electrons. The summed E-state index contributed by atoms with van der Waals surface area (Å²) < 4.78 is 0. The summed E-state index contributed by atoms with van der Waals surface area (Å²) in [6.07, 6.45) is 0. The quantitative estimate of drug-likeness (QED) is 0.611. The highest BCUT2D eigenvalue weighted by molar-refractivity contribution is 5.02. The molecule has 0 aliphatic carbocycles. The second-order valence-electron chi connectivity index (χ2n) is 2.79. The van der Waals surface area contributed by atoms with E-state index in [9.17, 15) is 0 Å². The number of likely N-dealkylation sites (N-methyl/N-ethyl adjacent to an activating group) is 2. The monoisotopic (exact) mass is 142 g/mol. The summed E-state index contributed by atoms with van der Waals surface area (Å²) in [6, 6.07) is 0.380. The normalized spacial score (nSPS) is 13.3. The Morgan fingerprint density at radius 3 is 1.90 bits per heavy atom. The van der Waals surface area contributed by atoms with Crippen molar-refractivity contribution < 1.29 is 0 Å². The fraction of sp³-hybridized carbons (Fsp3) is 0.750. The van der Waals surface area contributed by atoms with E-state index in [4.69, 9.17) is 0 Å². The highest BCUT2D eigenvalue weighted by Crippen LogP contribution is 2.06. The van der Waals surface area contributed by atoms with Gasteiger partial charge >= 0.3 is 0 Å². The van der Waals surface area contributed by atoms with Gasteiger partial charge in [-0.15, -0.1) is 0 Å². The van der Waals surface area contributed by atoms with Crippen molar-refractivity contribution in [3.63, 3.8) is 0 Å². The Balaban J connectivity index is 3.93. The molecule has 10 heavy (non-hydrogen) atoms. The van der Waals surface area contributed by atoms with E-state index in [2.05, 4.69) is 31.1 Å². The lowest BCUT2D eigenvalue weighted by atomic mass is 10.0. The van der Waals surface area contributed by atoms with Crippen LogP contribution in [0.4, 0.5) is 0 Å². The van der Waals surface area contributed by atoms with Gasteiger partial charge in [-0.2, -0.15) is 0 Å². The lowest BCUT2D eigenvalue weighted by Gasteiger charge is -2.22. The van der Waals surface area contributed by atoms with Crippen LogP contribution in [0.25, 0.3) is 0 Å². The van der Waals surface area contributed by atoms with E-state index in [1.54, 1.807) is 0 Å². The zero-order valence-electron chi connectivity index (χ0n) is 7.36. The lowest BCUT2D eigenvalue weighted by molar-refractivity contribution is 0.463. The van der Waals surface area contributed by atoms with Crippen LogP contribution in [-0.2, 0) is 0 Å². The van der Waals surface area contributed by atoms with Crippen LogP contribution in [0.3, 0.4) is 0 Å². The van der Waals surface area contributed by atoms with Gasteiger partial charge in [0.15, 0.2) is 0 Å². The summed E-state index contributed by atoms with van der Waals surface area (Å²) in [5, 5.41) is 6.23. The van der Waals surface area contributed by atoms with Gasteiger partial charge in [0.1, 0.15) is 0 Å². The summed E-state index contributed by atoms with van der Waals surface area (Å²) in [4.78, 5) is 0. The molecule has 0 aliphatic heterocycles. The van der Waals surface area contributed by atoms with Crippen LogP contribution < -0.4 is 10.6 Å². The Hall–Kier alpha value is -0.500. The van der Waals surface area contributed by atoms with Gasteiger partial charge < -0.3 is 10.6 Å². The average molecular weight is 142 g/mol. The third kappa shape index (κ3) is 2.40. The molecule has 0 aliphatic rings. The molecule has 60 valence electrons. The van der Waals surface area contributed by atoms with Crippen LogP contribution >= 0.6 is 0 Å². The largest absolute Gasteiger partial charge is 0.391 e. The van der Waals surface area contributed by atoms with Crippen LogP contribution in [0.2, 0.25) is 0 Å². The topological polar surface area (TPSA) is 24.1 Å². The van der Waals surface area contributed by atoms with E-state index < -0.39 is 0 Å². The SMILES string of the molecule is C=C(NC)C(NC)C(C)C. The molecule has 0 aromatic carbocycles.